The van der Waals surface area contributed by atoms with Gasteiger partial charge in [0.25, 0.3) is 0 Å². The van der Waals surface area contributed by atoms with E-state index in [0.29, 0.717) is 16.9 Å². The normalized spacial score (nSPS) is 28.5. The van der Waals surface area contributed by atoms with Crippen molar-refractivity contribution in [3.8, 4) is 0 Å². The number of benzene rings is 1. The molecule has 0 radical (unpaired) electrons. The largest absolute Gasteiger partial charge is 0.345 e. The van der Waals surface area contributed by atoms with E-state index in [4.69, 9.17) is 12.2 Å². The van der Waals surface area contributed by atoms with Crippen molar-refractivity contribution in [1.82, 2.24) is 4.90 Å². The molecule has 0 aromatic heterocycles. The fraction of sp³-hybridized carbons (Fsp3) is 0.579. The highest BCUT2D eigenvalue weighted by molar-refractivity contribution is 7.80. The van der Waals surface area contributed by atoms with E-state index < -0.39 is 0 Å². The number of thiocarbonyl (C=S) groups is 1. The van der Waals surface area contributed by atoms with Gasteiger partial charge in [0.05, 0.1) is 0 Å². The summed E-state index contributed by atoms with van der Waals surface area (Å²) in [5.41, 5.74) is 2.44. The van der Waals surface area contributed by atoms with Gasteiger partial charge in [0.2, 0.25) is 0 Å². The molecular formula is C19H26N2OS. The number of hydrogen-bond donors (Lipinski definition) is 1. The van der Waals surface area contributed by atoms with Crippen LogP contribution in [0.2, 0.25) is 0 Å². The van der Waals surface area contributed by atoms with Gasteiger partial charge in [-0.25, -0.2) is 0 Å². The second-order valence-electron chi connectivity index (χ2n) is 8.41. The zero-order valence-corrected chi connectivity index (χ0v) is 15.3. The first-order chi connectivity index (χ1) is 10.7. The summed E-state index contributed by atoms with van der Waals surface area (Å²) in [6, 6.07) is 8.09. The first-order valence-electron chi connectivity index (χ1n) is 8.36. The van der Waals surface area contributed by atoms with Gasteiger partial charge in [-0.2, -0.15) is 0 Å². The molecule has 3 nitrogen and oxygen atoms in total. The number of anilines is 1. The lowest BCUT2D eigenvalue weighted by Gasteiger charge is -2.39. The third kappa shape index (κ3) is 3.42. The van der Waals surface area contributed by atoms with E-state index in [1.54, 1.807) is 6.92 Å². The number of nitrogens with zero attached hydrogens (tertiary/aromatic N) is 1. The van der Waals surface area contributed by atoms with E-state index in [1.165, 1.54) is 19.3 Å². The predicted molar refractivity (Wildman–Crippen MR) is 98.9 cm³/mol. The van der Waals surface area contributed by atoms with Gasteiger partial charge in [0.15, 0.2) is 10.9 Å². The minimum absolute atomic E-state index is 0.0858. The molecule has 1 saturated heterocycles. The van der Waals surface area contributed by atoms with Gasteiger partial charge in [-0.3, -0.25) is 4.79 Å². The number of fused-ring (bicyclic) bond motifs is 2. The van der Waals surface area contributed by atoms with Gasteiger partial charge in [-0.15, -0.1) is 0 Å². The molecule has 1 heterocycles. The Labute approximate surface area is 144 Å². The highest BCUT2D eigenvalue weighted by Crippen LogP contribution is 2.52. The van der Waals surface area contributed by atoms with Crippen LogP contribution in [0.15, 0.2) is 24.3 Å². The van der Waals surface area contributed by atoms with Gasteiger partial charge in [0, 0.05) is 23.8 Å². The second kappa shape index (κ2) is 5.59. The number of carbonyl (C=O) groups is 1. The second-order valence-corrected chi connectivity index (χ2v) is 8.79. The average molecular weight is 330 g/mol. The minimum atomic E-state index is 0.0858. The third-order valence-electron chi connectivity index (χ3n) is 5.22. The number of likely N-dealkylation sites (tertiary alicyclic amines) is 1. The van der Waals surface area contributed by atoms with E-state index in [9.17, 15) is 4.79 Å². The number of Topliss-reactive ketones (excluding diaryl/α,β-unsaturated/α-hetero) is 1. The third-order valence-corrected chi connectivity index (χ3v) is 5.55. The molecule has 3 rings (SSSR count). The molecule has 0 spiro atoms. The summed E-state index contributed by atoms with van der Waals surface area (Å²) in [4.78, 5) is 13.7. The van der Waals surface area contributed by atoms with E-state index in [1.807, 2.05) is 24.3 Å². The van der Waals surface area contributed by atoms with Crippen molar-refractivity contribution < 1.29 is 4.79 Å². The van der Waals surface area contributed by atoms with Gasteiger partial charge >= 0.3 is 0 Å². The van der Waals surface area contributed by atoms with Crippen LogP contribution in [0.3, 0.4) is 0 Å². The molecule has 0 amide bonds. The molecule has 2 bridgehead atoms. The van der Waals surface area contributed by atoms with Gasteiger partial charge in [-0.1, -0.05) is 20.8 Å². The molecule has 0 unspecified atom stereocenters. The fourth-order valence-corrected chi connectivity index (χ4v) is 5.01. The molecule has 23 heavy (non-hydrogen) atoms. The molecule has 2 aliphatic rings. The van der Waals surface area contributed by atoms with Crippen LogP contribution >= 0.6 is 12.2 Å². The Morgan fingerprint density at radius 3 is 2.48 bits per heavy atom. The Bertz CT molecular complexity index is 637. The Morgan fingerprint density at radius 2 is 1.87 bits per heavy atom. The number of carbonyl (C=O) groups excluding carboxylic acids is 1. The standard InChI is InChI=1S/C19H26N2OS/c1-13(22)14-5-7-15(8-6-14)20-17(23)21-12-19(4)10-16(21)9-18(2,3)11-19/h5-8,16H,9-12H2,1-4H3,(H,20,23)/t16-,19-/m1/s1. The summed E-state index contributed by atoms with van der Waals surface area (Å²) >= 11 is 5.68. The molecule has 4 heteroatoms. The summed E-state index contributed by atoms with van der Waals surface area (Å²) < 4.78 is 0. The Kier molecular flexibility index (Phi) is 3.99. The molecule has 1 saturated carbocycles. The number of hydrogen-bond acceptors (Lipinski definition) is 2. The van der Waals surface area contributed by atoms with Crippen molar-refractivity contribution in [3.05, 3.63) is 29.8 Å². The zero-order chi connectivity index (χ0) is 16.8. The van der Waals surface area contributed by atoms with E-state index >= 15 is 0 Å². The molecule has 1 aromatic rings. The zero-order valence-electron chi connectivity index (χ0n) is 14.5. The molecule has 1 N–H and O–H groups in total. The van der Waals surface area contributed by atoms with Crippen LogP contribution in [0.1, 0.15) is 57.3 Å². The Balaban J connectivity index is 1.70. The molecule has 1 aromatic carbocycles. The highest BCUT2D eigenvalue weighted by Gasteiger charge is 2.50. The first kappa shape index (κ1) is 16.4. The molecule has 1 aliphatic carbocycles. The van der Waals surface area contributed by atoms with Crippen LogP contribution in [-0.2, 0) is 0 Å². The van der Waals surface area contributed by atoms with Crippen molar-refractivity contribution in [2.24, 2.45) is 10.8 Å². The first-order valence-corrected chi connectivity index (χ1v) is 8.77. The van der Waals surface area contributed by atoms with Crippen molar-refractivity contribution in [2.45, 2.75) is 53.0 Å². The lowest BCUT2D eigenvalue weighted by Crippen LogP contribution is -2.39. The maximum absolute atomic E-state index is 11.4. The number of ketones is 1. The molecule has 1 aliphatic heterocycles. The molecular weight excluding hydrogens is 304 g/mol. The van der Waals surface area contributed by atoms with Crippen molar-refractivity contribution >= 4 is 28.8 Å². The monoisotopic (exact) mass is 330 g/mol. The van der Waals surface area contributed by atoms with Gasteiger partial charge in [-0.05, 0) is 73.5 Å². The topological polar surface area (TPSA) is 32.3 Å². The summed E-state index contributed by atoms with van der Waals surface area (Å²) in [5, 5.41) is 4.17. The van der Waals surface area contributed by atoms with Crippen LogP contribution < -0.4 is 5.32 Å². The summed E-state index contributed by atoms with van der Waals surface area (Å²) in [6.07, 6.45) is 3.71. The summed E-state index contributed by atoms with van der Waals surface area (Å²) in [6.45, 7) is 9.76. The molecule has 2 fully saturated rings. The Morgan fingerprint density at radius 1 is 1.22 bits per heavy atom. The SMILES string of the molecule is CC(=O)c1ccc(NC(=S)N2C[C@]3(C)C[C@H]2CC(C)(C)C3)cc1. The molecule has 124 valence electrons. The Hall–Kier alpha value is -1.42. The number of rotatable bonds is 2. The summed E-state index contributed by atoms with van der Waals surface area (Å²) in [5.74, 6) is 0.0858. The van der Waals surface area contributed by atoms with Crippen molar-refractivity contribution in [2.75, 3.05) is 11.9 Å². The fourth-order valence-electron chi connectivity index (χ4n) is 4.68. The predicted octanol–water partition coefficient (Wildman–Crippen LogP) is 4.49. The van der Waals surface area contributed by atoms with Gasteiger partial charge < -0.3 is 10.2 Å². The van der Waals surface area contributed by atoms with Crippen LogP contribution in [-0.4, -0.2) is 28.4 Å². The smallest absolute Gasteiger partial charge is 0.173 e. The van der Waals surface area contributed by atoms with Gasteiger partial charge in [0.1, 0.15) is 0 Å². The van der Waals surface area contributed by atoms with E-state index in [0.717, 1.165) is 22.9 Å². The van der Waals surface area contributed by atoms with E-state index in [2.05, 4.69) is 31.0 Å². The van der Waals surface area contributed by atoms with E-state index in [-0.39, 0.29) is 5.78 Å². The maximum Gasteiger partial charge on any atom is 0.173 e. The summed E-state index contributed by atoms with van der Waals surface area (Å²) in [7, 11) is 0. The van der Waals surface area contributed by atoms with Crippen LogP contribution in [0.25, 0.3) is 0 Å². The van der Waals surface area contributed by atoms with Crippen molar-refractivity contribution in [1.29, 1.82) is 0 Å². The van der Waals surface area contributed by atoms with Crippen LogP contribution in [0, 0.1) is 10.8 Å². The average Bonchev–Trinajstić information content (AvgIpc) is 2.68. The maximum atomic E-state index is 11.4. The number of nitrogens with one attached hydrogen (secondary N) is 1. The van der Waals surface area contributed by atoms with Crippen LogP contribution in [0.4, 0.5) is 5.69 Å². The quantitative estimate of drug-likeness (QED) is 0.640. The molecule has 2 atom stereocenters. The van der Waals surface area contributed by atoms with Crippen LogP contribution in [0.5, 0.6) is 0 Å². The minimum Gasteiger partial charge on any atom is -0.345 e. The highest BCUT2D eigenvalue weighted by atomic mass is 32.1. The lowest BCUT2D eigenvalue weighted by atomic mass is 9.65. The van der Waals surface area contributed by atoms with Crippen molar-refractivity contribution in [3.63, 3.8) is 0 Å². The lowest BCUT2D eigenvalue weighted by molar-refractivity contribution is 0.101.